The predicted molar refractivity (Wildman–Crippen MR) is 174 cm³/mol. The average Bonchev–Trinajstić information content (AvgIpc) is 3.86. The molecule has 4 fully saturated rings. The van der Waals surface area contributed by atoms with E-state index in [1.54, 1.807) is 6.07 Å². The van der Waals surface area contributed by atoms with E-state index in [0.717, 1.165) is 61.7 Å². The number of imidazole rings is 1. The topological polar surface area (TPSA) is 111 Å². The zero-order valence-corrected chi connectivity index (χ0v) is 26.7. The number of pyridine rings is 1. The number of likely N-dealkylation sites (tertiary alicyclic amines) is 1. The molecule has 0 radical (unpaired) electrons. The Kier molecular flexibility index (Phi) is 6.59. The lowest BCUT2D eigenvalue weighted by Gasteiger charge is -2.37. The Hall–Kier alpha value is -3.86. The number of nitrogens with one attached hydrogen (secondary N) is 1. The van der Waals surface area contributed by atoms with Gasteiger partial charge in [-0.25, -0.2) is 18.7 Å². The summed E-state index contributed by atoms with van der Waals surface area (Å²) in [5, 5.41) is 3.92. The number of benzene rings is 1. The monoisotopic (exact) mass is 641 g/mol. The first-order valence-corrected chi connectivity index (χ1v) is 17.5. The van der Waals surface area contributed by atoms with E-state index in [-0.39, 0.29) is 42.4 Å². The fourth-order valence-corrected chi connectivity index (χ4v) is 8.71. The van der Waals surface area contributed by atoms with Crippen molar-refractivity contribution in [2.75, 3.05) is 6.54 Å². The van der Waals surface area contributed by atoms with Crippen molar-refractivity contribution >= 4 is 33.9 Å². The van der Waals surface area contributed by atoms with Crippen LogP contribution in [0, 0.1) is 17.7 Å². The Morgan fingerprint density at radius 2 is 1.89 bits per heavy atom. The quantitative estimate of drug-likeness (QED) is 0.287. The van der Waals surface area contributed by atoms with Gasteiger partial charge in [0, 0.05) is 42.2 Å². The molecule has 246 valence electrons. The molecule has 3 saturated carbocycles. The number of carbonyl (C=O) groups is 2. The van der Waals surface area contributed by atoms with Crippen LogP contribution in [0.3, 0.4) is 0 Å². The second-order valence-electron chi connectivity index (χ2n) is 14.9. The lowest BCUT2D eigenvalue weighted by molar-refractivity contribution is -0.124. The maximum atomic E-state index is 16.2. The van der Waals surface area contributed by atoms with Crippen LogP contribution < -0.4 is 11.1 Å². The molecule has 1 saturated heterocycles. The summed E-state index contributed by atoms with van der Waals surface area (Å²) in [5.41, 5.74) is 8.53. The number of alkyl halides is 1. The number of hydrogen-bond acceptors (Lipinski definition) is 5. The van der Waals surface area contributed by atoms with Gasteiger partial charge in [-0.3, -0.25) is 9.59 Å². The summed E-state index contributed by atoms with van der Waals surface area (Å²) in [6.45, 7) is 3.03. The van der Waals surface area contributed by atoms with E-state index in [0.29, 0.717) is 60.0 Å². The molecule has 5 aliphatic rings. The normalized spacial score (nSPS) is 30.9. The Balaban J connectivity index is 1.13. The van der Waals surface area contributed by atoms with E-state index in [2.05, 4.69) is 16.0 Å². The van der Waals surface area contributed by atoms with Crippen LogP contribution in [0.5, 0.6) is 0 Å². The minimum absolute atomic E-state index is 0.0474. The highest BCUT2D eigenvalue weighted by Crippen LogP contribution is 2.51. The number of aromatic nitrogens is 4. The SMILES string of the molecule is C[C@H]1NC(=O)[C@@H]2C[C@@]2(F)CCCCCn2c(-c3nc4cc(C(=O)N5C[C@H](N)[C@@H]6CC[C@H]5C6)cc(F)c4n3C3CC3)cc3ccc1nc32. The van der Waals surface area contributed by atoms with Gasteiger partial charge in [0.25, 0.3) is 5.91 Å². The molecule has 6 atom stereocenters. The van der Waals surface area contributed by atoms with Crippen molar-refractivity contribution in [3.63, 3.8) is 0 Å². The molecule has 3 aliphatic carbocycles. The van der Waals surface area contributed by atoms with Gasteiger partial charge in [-0.2, -0.15) is 0 Å². The molecule has 3 N–H and O–H groups in total. The van der Waals surface area contributed by atoms with Crippen LogP contribution in [0.25, 0.3) is 33.6 Å². The zero-order chi connectivity index (χ0) is 32.2. The lowest BCUT2D eigenvalue weighted by Crippen LogP contribution is -2.51. The highest BCUT2D eigenvalue weighted by Gasteiger charge is 2.59. The average molecular weight is 642 g/mol. The summed E-state index contributed by atoms with van der Waals surface area (Å²) in [7, 11) is 0. The van der Waals surface area contributed by atoms with Crippen LogP contribution >= 0.6 is 0 Å². The van der Waals surface area contributed by atoms with Crippen molar-refractivity contribution in [1.82, 2.24) is 29.3 Å². The van der Waals surface area contributed by atoms with Crippen LogP contribution in [0.1, 0.15) is 99.3 Å². The number of piperidine rings is 1. The molecule has 2 aliphatic heterocycles. The Morgan fingerprint density at radius 1 is 1.06 bits per heavy atom. The molecule has 11 heteroatoms. The maximum Gasteiger partial charge on any atom is 0.254 e. The van der Waals surface area contributed by atoms with E-state index in [1.807, 2.05) is 28.5 Å². The summed E-state index contributed by atoms with van der Waals surface area (Å²) in [6.07, 6.45) is 7.75. The number of nitrogens with zero attached hydrogens (tertiary/aromatic N) is 5. The van der Waals surface area contributed by atoms with Crippen LogP contribution in [-0.2, 0) is 11.3 Å². The molecular weight excluding hydrogens is 600 g/mol. The van der Waals surface area contributed by atoms with Gasteiger partial charge in [0.1, 0.15) is 22.6 Å². The number of rotatable bonds is 3. The van der Waals surface area contributed by atoms with Gasteiger partial charge in [-0.05, 0) is 94.5 Å². The van der Waals surface area contributed by atoms with Crippen LogP contribution in [-0.4, -0.2) is 60.1 Å². The van der Waals surface area contributed by atoms with Crippen LogP contribution in [0.2, 0.25) is 0 Å². The van der Waals surface area contributed by atoms with E-state index < -0.39 is 17.4 Å². The minimum atomic E-state index is -1.41. The van der Waals surface area contributed by atoms with Crippen molar-refractivity contribution in [1.29, 1.82) is 0 Å². The zero-order valence-electron chi connectivity index (χ0n) is 26.7. The number of carbonyl (C=O) groups excluding carboxylic acids is 2. The third kappa shape index (κ3) is 4.78. The standard InChI is InChI=1S/C36H41F2N7O2/c1-19-28-10-6-21-16-30(43(32(21)41-28)12-4-2-3-11-36(38)17-25(36)34(46)40-19)33-42-29-15-22(14-26(37)31(29)45(33)23-8-9-23)35(47)44-18-27(39)20-5-7-24(44)13-20/h6,10,14-16,19-20,23-25,27H,2-5,7-9,11-13,17-18,39H2,1H3,(H,40,46)/t19-,20-,24+,25+,27+,36+/m1/s1. The van der Waals surface area contributed by atoms with Gasteiger partial charge in [-0.1, -0.05) is 12.8 Å². The molecule has 4 aromatic rings. The summed E-state index contributed by atoms with van der Waals surface area (Å²) < 4.78 is 35.6. The van der Waals surface area contributed by atoms with Crippen molar-refractivity contribution < 1.29 is 18.4 Å². The highest BCUT2D eigenvalue weighted by atomic mass is 19.1. The lowest BCUT2D eigenvalue weighted by atomic mass is 9.94. The van der Waals surface area contributed by atoms with Crippen molar-refractivity contribution in [3.05, 3.63) is 47.4 Å². The molecule has 0 unspecified atom stereocenters. The van der Waals surface area contributed by atoms with Crippen molar-refractivity contribution in [2.45, 2.75) is 108 Å². The number of hydrogen-bond donors (Lipinski definition) is 2. The number of aryl methyl sites for hydroxylation is 1. The fraction of sp³-hybridized carbons (Fsp3) is 0.556. The minimum Gasteiger partial charge on any atom is -0.348 e. The summed E-state index contributed by atoms with van der Waals surface area (Å²) in [6, 6.07) is 8.96. The maximum absolute atomic E-state index is 16.2. The first-order valence-electron chi connectivity index (χ1n) is 17.5. The van der Waals surface area contributed by atoms with E-state index in [1.165, 1.54) is 6.07 Å². The van der Waals surface area contributed by atoms with E-state index >= 15 is 8.78 Å². The highest BCUT2D eigenvalue weighted by molar-refractivity contribution is 5.98. The third-order valence-corrected chi connectivity index (χ3v) is 11.7. The molecule has 4 bridgehead atoms. The predicted octanol–water partition coefficient (Wildman–Crippen LogP) is 5.96. The smallest absolute Gasteiger partial charge is 0.254 e. The molecule has 9 nitrogen and oxygen atoms in total. The summed E-state index contributed by atoms with van der Waals surface area (Å²) in [5.74, 6) is -0.323. The fourth-order valence-electron chi connectivity index (χ4n) is 8.71. The molecule has 2 amide bonds. The first-order chi connectivity index (χ1) is 22.7. The van der Waals surface area contributed by atoms with Gasteiger partial charge >= 0.3 is 0 Å². The Morgan fingerprint density at radius 3 is 2.72 bits per heavy atom. The molecule has 0 spiro atoms. The van der Waals surface area contributed by atoms with Gasteiger partial charge in [-0.15, -0.1) is 0 Å². The third-order valence-electron chi connectivity index (χ3n) is 11.7. The first kappa shape index (κ1) is 29.3. The Bertz CT molecular complexity index is 1950. The number of halogens is 2. The molecule has 1 aromatic carbocycles. The van der Waals surface area contributed by atoms with Gasteiger partial charge in [0.2, 0.25) is 5.91 Å². The molecular formula is C36H41F2N7O2. The summed E-state index contributed by atoms with van der Waals surface area (Å²) in [4.78, 5) is 38.6. The second kappa shape index (κ2) is 10.6. The van der Waals surface area contributed by atoms with Gasteiger partial charge < -0.3 is 25.1 Å². The number of amides is 2. The van der Waals surface area contributed by atoms with Gasteiger partial charge in [0.05, 0.1) is 28.9 Å². The molecule has 3 aromatic heterocycles. The molecule has 47 heavy (non-hydrogen) atoms. The van der Waals surface area contributed by atoms with E-state index in [4.69, 9.17) is 15.7 Å². The molecule has 9 rings (SSSR count). The Labute approximate surface area is 271 Å². The van der Waals surface area contributed by atoms with Gasteiger partial charge in [0.15, 0.2) is 5.82 Å². The van der Waals surface area contributed by atoms with Crippen molar-refractivity contribution in [2.24, 2.45) is 17.6 Å². The van der Waals surface area contributed by atoms with Crippen LogP contribution in [0.15, 0.2) is 30.3 Å². The second-order valence-corrected chi connectivity index (χ2v) is 14.9. The van der Waals surface area contributed by atoms with Crippen LogP contribution in [0.4, 0.5) is 8.78 Å². The largest absolute Gasteiger partial charge is 0.348 e. The number of nitrogens with two attached hydrogens (primary N) is 1. The van der Waals surface area contributed by atoms with E-state index in [9.17, 15) is 9.59 Å². The number of fused-ring (bicyclic) bond motifs is 5. The molecule has 5 heterocycles. The van der Waals surface area contributed by atoms with Crippen molar-refractivity contribution in [3.8, 4) is 11.5 Å². The summed E-state index contributed by atoms with van der Waals surface area (Å²) >= 11 is 0.